The lowest BCUT2D eigenvalue weighted by atomic mass is 9.87. The quantitative estimate of drug-likeness (QED) is 0.870. The Kier molecular flexibility index (Phi) is 5.03. The summed E-state index contributed by atoms with van der Waals surface area (Å²) < 4.78 is 23.0. The molecule has 0 aliphatic carbocycles. The van der Waals surface area contributed by atoms with Crippen molar-refractivity contribution in [3.8, 4) is 0 Å². The number of benzene rings is 2. The number of rotatable bonds is 3. The van der Waals surface area contributed by atoms with Crippen LogP contribution in [-0.4, -0.2) is 14.3 Å². The third kappa shape index (κ3) is 4.35. The Morgan fingerprint density at radius 1 is 1.08 bits per heavy atom. The summed E-state index contributed by atoms with van der Waals surface area (Å²) >= 11 is 5.81. The molecular weight excluding hydrogens is 348 g/mol. The first-order valence-electron chi connectivity index (χ1n) is 7.23. The van der Waals surface area contributed by atoms with Crippen LogP contribution in [0, 0.1) is 0 Å². The van der Waals surface area contributed by atoms with E-state index in [9.17, 15) is 13.2 Å². The first kappa shape index (κ1) is 18.4. The predicted octanol–water partition coefficient (Wildman–Crippen LogP) is 3.54. The Hall–Kier alpha value is -1.89. The summed E-state index contributed by atoms with van der Waals surface area (Å²) in [4.78, 5) is 12.0. The van der Waals surface area contributed by atoms with Gasteiger partial charge in [0, 0.05) is 11.3 Å². The van der Waals surface area contributed by atoms with Crippen molar-refractivity contribution in [2.24, 2.45) is 5.14 Å². The molecule has 5 nitrogen and oxygen atoms in total. The summed E-state index contributed by atoms with van der Waals surface area (Å²) in [6.45, 7) is 6.30. The molecule has 1 amide bonds. The van der Waals surface area contributed by atoms with Gasteiger partial charge in [-0.1, -0.05) is 44.5 Å². The monoisotopic (exact) mass is 366 g/mol. The van der Waals surface area contributed by atoms with Crippen LogP contribution in [-0.2, 0) is 15.4 Å². The van der Waals surface area contributed by atoms with Crippen LogP contribution in [0.3, 0.4) is 0 Å². The van der Waals surface area contributed by atoms with E-state index in [0.717, 1.165) is 11.6 Å². The van der Waals surface area contributed by atoms with Gasteiger partial charge in [0.1, 0.15) is 4.90 Å². The molecule has 0 radical (unpaired) electrons. The summed E-state index contributed by atoms with van der Waals surface area (Å²) in [5, 5.41) is 7.79. The predicted molar refractivity (Wildman–Crippen MR) is 95.9 cm³/mol. The van der Waals surface area contributed by atoms with E-state index in [1.165, 1.54) is 12.1 Å². The molecule has 24 heavy (non-hydrogen) atoms. The number of carbonyl (C=O) groups excluding carboxylic acids is 1. The highest BCUT2D eigenvalue weighted by Crippen LogP contribution is 2.25. The number of primary sulfonamides is 1. The topological polar surface area (TPSA) is 89.3 Å². The maximum absolute atomic E-state index is 12.3. The number of sulfonamides is 1. The van der Waals surface area contributed by atoms with Gasteiger partial charge in [-0.15, -0.1) is 0 Å². The fourth-order valence-corrected chi connectivity index (χ4v) is 3.19. The van der Waals surface area contributed by atoms with Crippen LogP contribution in [0.1, 0.15) is 36.7 Å². The fourth-order valence-electron chi connectivity index (χ4n) is 2.12. The second kappa shape index (κ2) is 6.55. The number of carbonyl (C=O) groups is 1. The van der Waals surface area contributed by atoms with Crippen LogP contribution in [0.15, 0.2) is 47.4 Å². The molecule has 0 atom stereocenters. The zero-order valence-electron chi connectivity index (χ0n) is 13.6. The summed E-state index contributed by atoms with van der Waals surface area (Å²) in [6, 6.07) is 11.4. The standard InChI is InChI=1S/C17H19ClN2O3S/c1-17(2,3)12-5-7-13(8-6-12)20-16(21)11-4-9-14(18)15(10-11)24(19,22)23/h4-10H,1-3H3,(H,20,21)(H2,19,22,23). The van der Waals surface area contributed by atoms with E-state index in [0.29, 0.717) is 5.69 Å². The maximum atomic E-state index is 12.3. The van der Waals surface area contributed by atoms with Gasteiger partial charge in [-0.3, -0.25) is 4.79 Å². The zero-order valence-corrected chi connectivity index (χ0v) is 15.2. The van der Waals surface area contributed by atoms with Crippen molar-refractivity contribution < 1.29 is 13.2 Å². The molecule has 3 N–H and O–H groups in total. The van der Waals surface area contributed by atoms with Crippen LogP contribution < -0.4 is 10.5 Å². The number of nitrogens with one attached hydrogen (secondary N) is 1. The SMILES string of the molecule is CC(C)(C)c1ccc(NC(=O)c2ccc(Cl)c(S(N)(=O)=O)c2)cc1. The van der Waals surface area contributed by atoms with E-state index in [1.807, 2.05) is 12.1 Å². The van der Waals surface area contributed by atoms with Crippen LogP contribution in [0.2, 0.25) is 5.02 Å². The Morgan fingerprint density at radius 2 is 1.67 bits per heavy atom. The molecule has 2 aromatic carbocycles. The summed E-state index contributed by atoms with van der Waals surface area (Å²) in [5.74, 6) is -0.444. The van der Waals surface area contributed by atoms with Gasteiger partial charge < -0.3 is 5.32 Å². The molecule has 0 aromatic heterocycles. The lowest BCUT2D eigenvalue weighted by Gasteiger charge is -2.19. The first-order chi connectivity index (χ1) is 11.0. The zero-order chi connectivity index (χ0) is 18.1. The van der Waals surface area contributed by atoms with Crippen molar-refractivity contribution >= 4 is 33.2 Å². The Morgan fingerprint density at radius 3 is 2.17 bits per heavy atom. The van der Waals surface area contributed by atoms with E-state index < -0.39 is 15.9 Å². The Labute approximate surface area is 146 Å². The van der Waals surface area contributed by atoms with Gasteiger partial charge in [0.05, 0.1) is 5.02 Å². The molecule has 0 heterocycles. The van der Waals surface area contributed by atoms with Crippen LogP contribution in [0.4, 0.5) is 5.69 Å². The summed E-state index contributed by atoms with van der Waals surface area (Å²) in [7, 11) is -4.00. The van der Waals surface area contributed by atoms with Gasteiger partial charge in [0.2, 0.25) is 10.0 Å². The number of hydrogen-bond donors (Lipinski definition) is 2. The highest BCUT2D eigenvalue weighted by molar-refractivity contribution is 7.89. The highest BCUT2D eigenvalue weighted by atomic mass is 35.5. The third-order valence-corrected chi connectivity index (χ3v) is 4.90. The lowest BCUT2D eigenvalue weighted by Crippen LogP contribution is -2.16. The van der Waals surface area contributed by atoms with Gasteiger partial charge in [-0.25, -0.2) is 13.6 Å². The van der Waals surface area contributed by atoms with E-state index in [2.05, 4.69) is 26.1 Å². The van der Waals surface area contributed by atoms with Crippen molar-refractivity contribution in [3.05, 3.63) is 58.6 Å². The van der Waals surface area contributed by atoms with Gasteiger partial charge in [-0.05, 0) is 41.3 Å². The van der Waals surface area contributed by atoms with Gasteiger partial charge in [-0.2, -0.15) is 0 Å². The van der Waals surface area contributed by atoms with E-state index in [1.54, 1.807) is 12.1 Å². The normalized spacial score (nSPS) is 12.0. The minimum atomic E-state index is -4.00. The number of anilines is 1. The van der Waals surface area contributed by atoms with E-state index in [-0.39, 0.29) is 20.9 Å². The molecule has 7 heteroatoms. The second-order valence-electron chi connectivity index (χ2n) is 6.47. The van der Waals surface area contributed by atoms with Crippen LogP contribution in [0.5, 0.6) is 0 Å². The minimum absolute atomic E-state index is 0.0170. The van der Waals surface area contributed by atoms with Crippen molar-refractivity contribution in [2.75, 3.05) is 5.32 Å². The molecule has 0 bridgehead atoms. The smallest absolute Gasteiger partial charge is 0.255 e. The van der Waals surface area contributed by atoms with Crippen molar-refractivity contribution in [3.63, 3.8) is 0 Å². The number of halogens is 1. The van der Waals surface area contributed by atoms with Crippen molar-refractivity contribution in [1.82, 2.24) is 0 Å². The second-order valence-corrected chi connectivity index (χ2v) is 8.41. The average molecular weight is 367 g/mol. The molecule has 2 aromatic rings. The number of nitrogens with two attached hydrogens (primary N) is 1. The summed E-state index contributed by atoms with van der Waals surface area (Å²) in [6.07, 6.45) is 0. The molecule has 2 rings (SSSR count). The van der Waals surface area contributed by atoms with Crippen molar-refractivity contribution in [2.45, 2.75) is 31.1 Å². The number of amides is 1. The average Bonchev–Trinajstić information content (AvgIpc) is 2.46. The largest absolute Gasteiger partial charge is 0.322 e. The maximum Gasteiger partial charge on any atom is 0.255 e. The third-order valence-electron chi connectivity index (χ3n) is 3.51. The van der Waals surface area contributed by atoms with Crippen LogP contribution >= 0.6 is 11.6 Å². The molecule has 128 valence electrons. The van der Waals surface area contributed by atoms with Crippen molar-refractivity contribution in [1.29, 1.82) is 0 Å². The highest BCUT2D eigenvalue weighted by Gasteiger charge is 2.17. The van der Waals surface area contributed by atoms with Crippen LogP contribution in [0.25, 0.3) is 0 Å². The molecule has 0 saturated heterocycles. The fraction of sp³-hybridized carbons (Fsp3) is 0.235. The molecule has 0 aliphatic heterocycles. The molecule has 0 saturated carbocycles. The molecule has 0 fully saturated rings. The molecular formula is C17H19ClN2O3S. The first-order valence-corrected chi connectivity index (χ1v) is 9.15. The summed E-state index contributed by atoms with van der Waals surface area (Å²) in [5.41, 5.74) is 1.93. The lowest BCUT2D eigenvalue weighted by molar-refractivity contribution is 0.102. The van der Waals surface area contributed by atoms with Gasteiger partial charge in [0.25, 0.3) is 5.91 Å². The molecule has 0 spiro atoms. The number of hydrogen-bond acceptors (Lipinski definition) is 3. The Bertz CT molecular complexity index is 870. The van der Waals surface area contributed by atoms with E-state index in [4.69, 9.17) is 16.7 Å². The van der Waals surface area contributed by atoms with E-state index >= 15 is 0 Å². The Balaban J connectivity index is 2.24. The van der Waals surface area contributed by atoms with Gasteiger partial charge >= 0.3 is 0 Å². The van der Waals surface area contributed by atoms with Gasteiger partial charge in [0.15, 0.2) is 0 Å². The molecule has 0 unspecified atom stereocenters. The minimum Gasteiger partial charge on any atom is -0.322 e. The molecule has 0 aliphatic rings.